The number of amides is 1. The monoisotopic (exact) mass is 398 g/mol. The highest BCUT2D eigenvalue weighted by molar-refractivity contribution is 6.32. The lowest BCUT2D eigenvalue weighted by atomic mass is 10.1. The van der Waals surface area contributed by atoms with Crippen LogP contribution in [0.1, 0.15) is 40.6 Å². The van der Waals surface area contributed by atoms with Crippen molar-refractivity contribution in [2.24, 2.45) is 5.10 Å². The Bertz CT molecular complexity index is 1190. The summed E-state index contributed by atoms with van der Waals surface area (Å²) >= 11 is 0. The summed E-state index contributed by atoms with van der Waals surface area (Å²) < 4.78 is 1.99. The summed E-state index contributed by atoms with van der Waals surface area (Å²) in [6, 6.07) is 16.3. The molecular formula is C25H26N4O. The van der Waals surface area contributed by atoms with Crippen LogP contribution in [0.2, 0.25) is 0 Å². The molecule has 5 heteroatoms. The van der Waals surface area contributed by atoms with Crippen molar-refractivity contribution in [3.8, 4) is 0 Å². The van der Waals surface area contributed by atoms with Crippen LogP contribution in [0.3, 0.4) is 0 Å². The van der Waals surface area contributed by atoms with Gasteiger partial charge in [-0.15, -0.1) is 0 Å². The van der Waals surface area contributed by atoms with Gasteiger partial charge in [-0.2, -0.15) is 15.2 Å². The number of hydrogen-bond donors (Lipinski definition) is 0. The molecule has 1 aliphatic rings. The lowest BCUT2D eigenvalue weighted by Gasteiger charge is -2.15. The van der Waals surface area contributed by atoms with Crippen LogP contribution in [0, 0.1) is 27.7 Å². The van der Waals surface area contributed by atoms with Gasteiger partial charge in [0.2, 0.25) is 0 Å². The van der Waals surface area contributed by atoms with Crippen molar-refractivity contribution in [1.29, 1.82) is 0 Å². The van der Waals surface area contributed by atoms with Crippen molar-refractivity contribution in [3.63, 3.8) is 0 Å². The molecule has 152 valence electrons. The summed E-state index contributed by atoms with van der Waals surface area (Å²) in [5.41, 5.74) is 8.46. The molecule has 2 heterocycles. The fourth-order valence-corrected chi connectivity index (χ4v) is 3.86. The standard InChI is InChI=1S/C25H26N4O/c1-16-11-12-24(17(2)13-16)29-25(30)23(19(4)27-29)14-22-18(3)26-28(20(22)5)15-21-9-7-6-8-10-21/h6-14H,15H2,1-5H3/b23-14+. The number of aryl methyl sites for hydroxylation is 3. The minimum atomic E-state index is -0.103. The van der Waals surface area contributed by atoms with E-state index in [1.165, 1.54) is 10.6 Å². The fourth-order valence-electron chi connectivity index (χ4n) is 3.86. The lowest BCUT2D eigenvalue weighted by molar-refractivity contribution is -0.114. The van der Waals surface area contributed by atoms with Gasteiger partial charge < -0.3 is 0 Å². The second-order valence-corrected chi connectivity index (χ2v) is 7.88. The molecule has 0 radical (unpaired) electrons. The van der Waals surface area contributed by atoms with Crippen LogP contribution < -0.4 is 5.01 Å². The van der Waals surface area contributed by atoms with Crippen molar-refractivity contribution in [1.82, 2.24) is 9.78 Å². The topological polar surface area (TPSA) is 50.5 Å². The summed E-state index contributed by atoms with van der Waals surface area (Å²) in [6.45, 7) is 10.7. The minimum Gasteiger partial charge on any atom is -0.267 e. The van der Waals surface area contributed by atoms with Gasteiger partial charge in [-0.25, -0.2) is 0 Å². The molecule has 0 N–H and O–H groups in total. The molecule has 30 heavy (non-hydrogen) atoms. The van der Waals surface area contributed by atoms with E-state index in [1.54, 1.807) is 0 Å². The van der Waals surface area contributed by atoms with Crippen LogP contribution in [0.15, 0.2) is 59.2 Å². The van der Waals surface area contributed by atoms with Gasteiger partial charge in [0.25, 0.3) is 5.91 Å². The first-order valence-electron chi connectivity index (χ1n) is 10.1. The van der Waals surface area contributed by atoms with Crippen molar-refractivity contribution in [3.05, 3.63) is 87.7 Å². The third-order valence-electron chi connectivity index (χ3n) is 5.54. The Labute approximate surface area is 177 Å². The zero-order valence-electron chi connectivity index (χ0n) is 18.1. The van der Waals surface area contributed by atoms with Gasteiger partial charge in [0.1, 0.15) is 0 Å². The highest BCUT2D eigenvalue weighted by atomic mass is 16.2. The molecule has 3 aromatic rings. The molecule has 0 saturated carbocycles. The predicted octanol–water partition coefficient (Wildman–Crippen LogP) is 4.97. The summed E-state index contributed by atoms with van der Waals surface area (Å²) in [5.74, 6) is -0.103. The first-order chi connectivity index (χ1) is 14.3. The summed E-state index contributed by atoms with van der Waals surface area (Å²) in [7, 11) is 0. The molecule has 0 bridgehead atoms. The second kappa shape index (κ2) is 7.75. The Morgan fingerprint density at radius 1 is 0.967 bits per heavy atom. The highest BCUT2D eigenvalue weighted by Gasteiger charge is 2.30. The molecule has 1 amide bonds. The lowest BCUT2D eigenvalue weighted by Crippen LogP contribution is -2.22. The van der Waals surface area contributed by atoms with Crippen LogP contribution in [0.4, 0.5) is 5.69 Å². The zero-order valence-corrected chi connectivity index (χ0v) is 18.1. The van der Waals surface area contributed by atoms with E-state index in [0.717, 1.165) is 39.5 Å². The molecule has 2 aromatic carbocycles. The summed E-state index contributed by atoms with van der Waals surface area (Å²) in [6.07, 6.45) is 1.93. The number of hydrogen-bond acceptors (Lipinski definition) is 3. The molecule has 0 aliphatic carbocycles. The molecule has 1 aromatic heterocycles. The van der Waals surface area contributed by atoms with Crippen LogP contribution in [-0.4, -0.2) is 21.4 Å². The van der Waals surface area contributed by atoms with Crippen molar-refractivity contribution in [2.75, 3.05) is 5.01 Å². The highest BCUT2D eigenvalue weighted by Crippen LogP contribution is 2.29. The number of anilines is 1. The van der Waals surface area contributed by atoms with Gasteiger partial charge in [-0.1, -0.05) is 48.0 Å². The van der Waals surface area contributed by atoms with Crippen molar-refractivity contribution >= 4 is 23.4 Å². The molecule has 1 aliphatic heterocycles. The Morgan fingerprint density at radius 2 is 1.70 bits per heavy atom. The molecule has 0 unspecified atom stereocenters. The van der Waals surface area contributed by atoms with Crippen molar-refractivity contribution in [2.45, 2.75) is 41.2 Å². The summed E-state index contributed by atoms with van der Waals surface area (Å²) in [5, 5.41) is 10.8. The van der Waals surface area contributed by atoms with E-state index >= 15 is 0 Å². The van der Waals surface area contributed by atoms with Gasteiger partial charge >= 0.3 is 0 Å². The van der Waals surface area contributed by atoms with Gasteiger partial charge in [0.05, 0.1) is 29.2 Å². The second-order valence-electron chi connectivity index (χ2n) is 7.88. The Balaban J connectivity index is 1.67. The molecule has 0 spiro atoms. The predicted molar refractivity (Wildman–Crippen MR) is 122 cm³/mol. The van der Waals surface area contributed by atoms with E-state index in [9.17, 15) is 4.79 Å². The molecule has 0 atom stereocenters. The third kappa shape index (κ3) is 3.59. The smallest absolute Gasteiger partial charge is 0.267 e. The number of carbonyl (C=O) groups is 1. The molecule has 0 saturated heterocycles. The first-order valence-corrected chi connectivity index (χ1v) is 10.1. The summed E-state index contributed by atoms with van der Waals surface area (Å²) in [4.78, 5) is 13.2. The van der Waals surface area contributed by atoms with E-state index in [4.69, 9.17) is 5.10 Å². The fraction of sp³-hybridized carbons (Fsp3) is 0.240. The first kappa shape index (κ1) is 19.8. The normalized spacial score (nSPS) is 15.2. The minimum absolute atomic E-state index is 0.103. The van der Waals surface area contributed by atoms with Crippen LogP contribution in [-0.2, 0) is 11.3 Å². The number of aromatic nitrogens is 2. The number of nitrogens with zero attached hydrogens (tertiary/aromatic N) is 4. The largest absolute Gasteiger partial charge is 0.280 e. The quantitative estimate of drug-likeness (QED) is 0.583. The van der Waals surface area contributed by atoms with Gasteiger partial charge in [-0.05, 0) is 57.9 Å². The van der Waals surface area contributed by atoms with Gasteiger partial charge in [0.15, 0.2) is 0 Å². The molecular weight excluding hydrogens is 372 g/mol. The average Bonchev–Trinajstić information content (AvgIpc) is 3.13. The van der Waals surface area contributed by atoms with E-state index in [2.05, 4.69) is 23.3 Å². The molecule has 0 fully saturated rings. The van der Waals surface area contributed by atoms with E-state index in [1.807, 2.05) is 75.7 Å². The van der Waals surface area contributed by atoms with Gasteiger partial charge in [0, 0.05) is 11.3 Å². The Kier molecular flexibility index (Phi) is 5.12. The maximum Gasteiger partial charge on any atom is 0.280 e. The number of benzene rings is 2. The maximum absolute atomic E-state index is 13.2. The number of hydrazone groups is 1. The number of carbonyl (C=O) groups excluding carboxylic acids is 1. The molecule has 4 rings (SSSR count). The number of rotatable bonds is 4. The van der Waals surface area contributed by atoms with E-state index in [0.29, 0.717) is 12.1 Å². The molecule has 5 nitrogen and oxygen atoms in total. The van der Waals surface area contributed by atoms with E-state index < -0.39 is 0 Å². The SMILES string of the molecule is CC1=NN(c2ccc(C)cc2C)C(=O)/C1=C/c1c(C)nn(Cc2ccccc2)c1C. The zero-order chi connectivity index (χ0) is 21.4. The van der Waals surface area contributed by atoms with E-state index in [-0.39, 0.29) is 5.91 Å². The maximum atomic E-state index is 13.2. The Morgan fingerprint density at radius 3 is 2.40 bits per heavy atom. The van der Waals surface area contributed by atoms with Crippen LogP contribution in [0.25, 0.3) is 6.08 Å². The van der Waals surface area contributed by atoms with Gasteiger partial charge in [-0.3, -0.25) is 9.48 Å². The van der Waals surface area contributed by atoms with Crippen LogP contribution >= 0.6 is 0 Å². The van der Waals surface area contributed by atoms with Crippen LogP contribution in [0.5, 0.6) is 0 Å². The third-order valence-corrected chi connectivity index (χ3v) is 5.54. The van der Waals surface area contributed by atoms with Crippen molar-refractivity contribution < 1.29 is 4.79 Å². The Hall–Kier alpha value is -3.47. The average molecular weight is 399 g/mol.